The highest BCUT2D eigenvalue weighted by molar-refractivity contribution is 7.09. The quantitative estimate of drug-likeness (QED) is 0.864. The lowest BCUT2D eigenvalue weighted by Gasteiger charge is -2.18. The monoisotopic (exact) mass is 304 g/mol. The molecule has 0 saturated heterocycles. The van der Waals surface area contributed by atoms with Gasteiger partial charge in [0.1, 0.15) is 10.8 Å². The maximum Gasteiger partial charge on any atom is 0.416 e. The number of thiazole rings is 1. The van der Waals surface area contributed by atoms with Crippen LogP contribution in [-0.4, -0.2) is 11.5 Å². The molecule has 0 saturated carbocycles. The van der Waals surface area contributed by atoms with Crippen LogP contribution in [-0.2, 0) is 6.18 Å². The van der Waals surface area contributed by atoms with Crippen molar-refractivity contribution in [2.45, 2.75) is 19.1 Å². The van der Waals surface area contributed by atoms with Gasteiger partial charge in [0, 0.05) is 11.6 Å². The van der Waals surface area contributed by atoms with Crippen molar-refractivity contribution in [2.24, 2.45) is 0 Å². The van der Waals surface area contributed by atoms with Crippen LogP contribution < -0.4 is 5.32 Å². The zero-order valence-electron chi connectivity index (χ0n) is 10.5. The van der Waals surface area contributed by atoms with E-state index < -0.39 is 23.6 Å². The first-order valence-electron chi connectivity index (χ1n) is 5.92. The average Bonchev–Trinajstić information content (AvgIpc) is 2.87. The Morgan fingerprint density at radius 3 is 2.60 bits per heavy atom. The number of hydrogen-bond acceptors (Lipinski definition) is 3. The second-order valence-electron chi connectivity index (χ2n) is 4.13. The van der Waals surface area contributed by atoms with Crippen LogP contribution in [0.2, 0.25) is 0 Å². The first-order chi connectivity index (χ1) is 9.41. The maximum atomic E-state index is 13.5. The molecule has 1 atom stereocenters. The zero-order chi connectivity index (χ0) is 14.8. The van der Waals surface area contributed by atoms with E-state index in [4.69, 9.17) is 0 Å². The van der Waals surface area contributed by atoms with Crippen molar-refractivity contribution in [3.05, 3.63) is 51.7 Å². The van der Waals surface area contributed by atoms with Crippen LogP contribution in [0.15, 0.2) is 29.8 Å². The summed E-state index contributed by atoms with van der Waals surface area (Å²) in [5, 5.41) is 5.35. The van der Waals surface area contributed by atoms with Gasteiger partial charge in [0.25, 0.3) is 0 Å². The number of halogens is 4. The summed E-state index contributed by atoms with van der Waals surface area (Å²) in [4.78, 5) is 4.09. The van der Waals surface area contributed by atoms with E-state index in [0.717, 1.165) is 12.1 Å². The minimum absolute atomic E-state index is 0.217. The van der Waals surface area contributed by atoms with Gasteiger partial charge in [-0.25, -0.2) is 9.37 Å². The number of aromatic nitrogens is 1. The minimum atomic E-state index is -4.57. The molecule has 1 heterocycles. The van der Waals surface area contributed by atoms with Gasteiger partial charge >= 0.3 is 6.18 Å². The van der Waals surface area contributed by atoms with Crippen molar-refractivity contribution in [3.63, 3.8) is 0 Å². The Balaban J connectivity index is 2.46. The molecular formula is C13H12F4N2S. The molecule has 0 aliphatic heterocycles. The molecule has 20 heavy (non-hydrogen) atoms. The van der Waals surface area contributed by atoms with Crippen molar-refractivity contribution >= 4 is 11.3 Å². The molecule has 1 unspecified atom stereocenters. The fraction of sp³-hybridized carbons (Fsp3) is 0.308. The maximum absolute atomic E-state index is 13.5. The van der Waals surface area contributed by atoms with Crippen LogP contribution in [0.5, 0.6) is 0 Å². The molecule has 1 aromatic carbocycles. The third kappa shape index (κ3) is 3.34. The fourth-order valence-corrected chi connectivity index (χ4v) is 2.61. The summed E-state index contributed by atoms with van der Waals surface area (Å²) in [7, 11) is 0. The van der Waals surface area contributed by atoms with Crippen molar-refractivity contribution in [1.29, 1.82) is 0 Å². The first-order valence-corrected chi connectivity index (χ1v) is 6.80. The SMILES string of the molecule is CCNC(c1cc(F)cc(C(F)(F)F)c1)c1nccs1. The Labute approximate surface area is 117 Å². The van der Waals surface area contributed by atoms with Crippen LogP contribution in [0.4, 0.5) is 17.6 Å². The molecule has 1 N–H and O–H groups in total. The van der Waals surface area contributed by atoms with Crippen LogP contribution in [0.3, 0.4) is 0 Å². The van der Waals surface area contributed by atoms with E-state index in [0.29, 0.717) is 17.6 Å². The Morgan fingerprint density at radius 1 is 1.30 bits per heavy atom. The van der Waals surface area contributed by atoms with Gasteiger partial charge < -0.3 is 5.32 Å². The largest absolute Gasteiger partial charge is 0.416 e. The Bertz CT molecular complexity index is 566. The summed E-state index contributed by atoms with van der Waals surface area (Å²) >= 11 is 1.31. The van der Waals surface area contributed by atoms with Crippen molar-refractivity contribution in [2.75, 3.05) is 6.54 Å². The smallest absolute Gasteiger partial charge is 0.305 e. The lowest BCUT2D eigenvalue weighted by molar-refractivity contribution is -0.137. The van der Waals surface area contributed by atoms with E-state index in [1.807, 2.05) is 6.92 Å². The van der Waals surface area contributed by atoms with E-state index in [9.17, 15) is 17.6 Å². The summed E-state index contributed by atoms with van der Waals surface area (Å²) < 4.78 is 51.7. The van der Waals surface area contributed by atoms with E-state index >= 15 is 0 Å². The highest BCUT2D eigenvalue weighted by atomic mass is 32.1. The third-order valence-electron chi connectivity index (χ3n) is 2.69. The van der Waals surface area contributed by atoms with E-state index in [-0.39, 0.29) is 5.56 Å². The molecule has 0 bridgehead atoms. The molecule has 0 amide bonds. The second kappa shape index (κ2) is 5.88. The molecule has 108 valence electrons. The van der Waals surface area contributed by atoms with Gasteiger partial charge in [0.05, 0.1) is 11.6 Å². The zero-order valence-corrected chi connectivity index (χ0v) is 11.4. The number of nitrogens with zero attached hydrogens (tertiary/aromatic N) is 1. The molecule has 0 fully saturated rings. The van der Waals surface area contributed by atoms with Gasteiger partial charge in [-0.05, 0) is 30.3 Å². The Morgan fingerprint density at radius 2 is 2.05 bits per heavy atom. The van der Waals surface area contributed by atoms with Crippen molar-refractivity contribution < 1.29 is 17.6 Å². The van der Waals surface area contributed by atoms with Crippen LogP contribution in [0.25, 0.3) is 0 Å². The molecule has 0 aliphatic carbocycles. The third-order valence-corrected chi connectivity index (χ3v) is 3.53. The van der Waals surface area contributed by atoms with Gasteiger partial charge in [-0.15, -0.1) is 11.3 Å². The van der Waals surface area contributed by atoms with Gasteiger partial charge in [-0.3, -0.25) is 0 Å². The Hall–Kier alpha value is -1.47. The van der Waals surface area contributed by atoms with Crippen LogP contribution in [0, 0.1) is 5.82 Å². The van der Waals surface area contributed by atoms with Crippen LogP contribution >= 0.6 is 11.3 Å². The van der Waals surface area contributed by atoms with Gasteiger partial charge in [-0.2, -0.15) is 13.2 Å². The summed E-state index contributed by atoms with van der Waals surface area (Å²) in [5.41, 5.74) is -0.777. The molecule has 2 rings (SSSR count). The lowest BCUT2D eigenvalue weighted by atomic mass is 10.0. The molecule has 0 radical (unpaired) electrons. The molecule has 2 aromatic rings. The summed E-state index contributed by atoms with van der Waals surface area (Å²) in [5.74, 6) is -0.908. The predicted molar refractivity (Wildman–Crippen MR) is 69.0 cm³/mol. The highest BCUT2D eigenvalue weighted by Crippen LogP contribution is 2.33. The number of alkyl halides is 3. The molecule has 1 aromatic heterocycles. The number of benzene rings is 1. The first kappa shape index (κ1) is 14.9. The summed E-state index contributed by atoms with van der Waals surface area (Å²) in [6.45, 7) is 2.35. The topological polar surface area (TPSA) is 24.9 Å². The lowest BCUT2D eigenvalue weighted by Crippen LogP contribution is -2.22. The molecule has 0 aliphatic rings. The van der Waals surface area contributed by atoms with Gasteiger partial charge in [-0.1, -0.05) is 6.92 Å². The minimum Gasteiger partial charge on any atom is -0.305 e. The van der Waals surface area contributed by atoms with Gasteiger partial charge in [0.15, 0.2) is 0 Å². The van der Waals surface area contributed by atoms with Crippen LogP contribution in [0.1, 0.15) is 29.1 Å². The second-order valence-corrected chi connectivity index (χ2v) is 5.06. The predicted octanol–water partition coefficient (Wildman–Crippen LogP) is 4.00. The molecular weight excluding hydrogens is 292 g/mol. The molecule has 7 heteroatoms. The number of hydrogen-bond donors (Lipinski definition) is 1. The standard InChI is InChI=1S/C13H12F4N2S/c1-2-18-11(12-19-3-4-20-12)8-5-9(13(15,16)17)7-10(14)6-8/h3-7,11,18H,2H2,1H3. The average molecular weight is 304 g/mol. The Kier molecular flexibility index (Phi) is 4.39. The number of rotatable bonds is 4. The summed E-state index contributed by atoms with van der Waals surface area (Å²) in [6.07, 6.45) is -3.01. The molecule has 2 nitrogen and oxygen atoms in total. The van der Waals surface area contributed by atoms with Crippen molar-refractivity contribution in [1.82, 2.24) is 10.3 Å². The van der Waals surface area contributed by atoms with E-state index in [2.05, 4.69) is 10.3 Å². The highest BCUT2D eigenvalue weighted by Gasteiger charge is 2.32. The van der Waals surface area contributed by atoms with E-state index in [1.54, 1.807) is 11.6 Å². The fourth-order valence-electron chi connectivity index (χ4n) is 1.87. The summed E-state index contributed by atoms with van der Waals surface area (Å²) in [6, 6.07) is 2.01. The molecule has 0 spiro atoms. The van der Waals surface area contributed by atoms with Crippen molar-refractivity contribution in [3.8, 4) is 0 Å². The number of nitrogens with one attached hydrogen (secondary N) is 1. The normalized spacial score (nSPS) is 13.4. The van der Waals surface area contributed by atoms with Gasteiger partial charge in [0.2, 0.25) is 0 Å². The van der Waals surface area contributed by atoms with E-state index in [1.165, 1.54) is 11.3 Å².